The zero-order valence-corrected chi connectivity index (χ0v) is 14.1. The number of ether oxygens (including phenoxy) is 1. The van der Waals surface area contributed by atoms with Gasteiger partial charge < -0.3 is 19.9 Å². The van der Waals surface area contributed by atoms with E-state index in [1.165, 1.54) is 18.2 Å². The Morgan fingerprint density at radius 1 is 1.21 bits per heavy atom. The van der Waals surface area contributed by atoms with Crippen molar-refractivity contribution in [1.82, 2.24) is 15.1 Å². The van der Waals surface area contributed by atoms with Crippen LogP contribution in [0.4, 0.5) is 9.18 Å². The minimum absolute atomic E-state index is 0.0816. The molecule has 0 radical (unpaired) electrons. The molecule has 0 spiro atoms. The Labute approximate surface area is 141 Å². The molecule has 0 atom stereocenters. The summed E-state index contributed by atoms with van der Waals surface area (Å²) in [7, 11) is 0. The van der Waals surface area contributed by atoms with Crippen molar-refractivity contribution >= 4 is 11.9 Å². The number of urea groups is 1. The molecule has 1 aliphatic rings. The summed E-state index contributed by atoms with van der Waals surface area (Å²) in [4.78, 5) is 27.7. The third-order valence-corrected chi connectivity index (χ3v) is 3.71. The van der Waals surface area contributed by atoms with Gasteiger partial charge in [-0.2, -0.15) is 0 Å². The lowest BCUT2D eigenvalue weighted by atomic mass is 10.3. The van der Waals surface area contributed by atoms with Crippen LogP contribution < -0.4 is 10.1 Å². The van der Waals surface area contributed by atoms with Gasteiger partial charge in [0.2, 0.25) is 0 Å². The molecule has 0 aromatic heterocycles. The molecule has 0 unspecified atom stereocenters. The van der Waals surface area contributed by atoms with E-state index in [-0.39, 0.29) is 24.6 Å². The van der Waals surface area contributed by atoms with E-state index in [0.29, 0.717) is 31.9 Å². The van der Waals surface area contributed by atoms with Gasteiger partial charge in [0.05, 0.1) is 0 Å². The van der Waals surface area contributed by atoms with Gasteiger partial charge in [-0.15, -0.1) is 0 Å². The highest BCUT2D eigenvalue weighted by Gasteiger charge is 2.22. The Balaban J connectivity index is 1.82. The summed E-state index contributed by atoms with van der Waals surface area (Å²) in [5.74, 6) is -0.233. The number of halogens is 1. The standard InChI is InChI=1S/C17H24FN3O3/c1-13(2)19-17(23)21-8-4-7-20(9-10-21)16(22)12-24-15-6-3-5-14(18)11-15/h3,5-6,11,13H,4,7-10,12H2,1-2H3,(H,19,23). The maximum atomic E-state index is 13.1. The average Bonchev–Trinajstić information content (AvgIpc) is 2.78. The molecule has 0 aliphatic carbocycles. The van der Waals surface area contributed by atoms with E-state index in [1.807, 2.05) is 13.8 Å². The summed E-state index contributed by atoms with van der Waals surface area (Å²) < 4.78 is 18.4. The topological polar surface area (TPSA) is 61.9 Å². The zero-order chi connectivity index (χ0) is 17.5. The minimum atomic E-state index is -0.401. The Hall–Kier alpha value is -2.31. The van der Waals surface area contributed by atoms with E-state index in [2.05, 4.69) is 5.32 Å². The summed E-state index contributed by atoms with van der Waals surface area (Å²) in [6, 6.07) is 5.69. The van der Waals surface area contributed by atoms with Gasteiger partial charge >= 0.3 is 6.03 Å². The molecule has 1 saturated heterocycles. The van der Waals surface area contributed by atoms with Crippen molar-refractivity contribution in [2.45, 2.75) is 26.3 Å². The van der Waals surface area contributed by atoms with Gasteiger partial charge in [-0.3, -0.25) is 4.79 Å². The van der Waals surface area contributed by atoms with Crippen molar-refractivity contribution in [3.05, 3.63) is 30.1 Å². The summed E-state index contributed by atoms with van der Waals surface area (Å²) in [6.45, 7) is 5.84. The third kappa shape index (κ3) is 5.40. The van der Waals surface area contributed by atoms with Crippen LogP contribution in [0.2, 0.25) is 0 Å². The highest BCUT2D eigenvalue weighted by molar-refractivity contribution is 5.78. The highest BCUT2D eigenvalue weighted by atomic mass is 19.1. The molecule has 1 heterocycles. The molecule has 0 saturated carbocycles. The molecule has 6 nitrogen and oxygen atoms in total. The lowest BCUT2D eigenvalue weighted by molar-refractivity contribution is -0.133. The summed E-state index contributed by atoms with van der Waals surface area (Å²) >= 11 is 0. The zero-order valence-electron chi connectivity index (χ0n) is 14.1. The summed E-state index contributed by atoms with van der Waals surface area (Å²) in [6.07, 6.45) is 0.719. The molecule has 2 rings (SSSR count). The molecule has 7 heteroatoms. The number of nitrogens with one attached hydrogen (secondary N) is 1. The Morgan fingerprint density at radius 2 is 1.92 bits per heavy atom. The Kier molecular flexibility index (Phi) is 6.40. The molecule has 1 aromatic carbocycles. The quantitative estimate of drug-likeness (QED) is 0.912. The Morgan fingerprint density at radius 3 is 2.62 bits per heavy atom. The molecular weight excluding hydrogens is 313 g/mol. The van der Waals surface area contributed by atoms with E-state index in [1.54, 1.807) is 15.9 Å². The molecule has 1 aliphatic heterocycles. The predicted molar refractivity (Wildman–Crippen MR) is 88.3 cm³/mol. The van der Waals surface area contributed by atoms with Gasteiger partial charge in [0.1, 0.15) is 11.6 Å². The Bertz CT molecular complexity index is 580. The van der Waals surface area contributed by atoms with Gasteiger partial charge in [-0.05, 0) is 32.4 Å². The molecule has 0 bridgehead atoms. The first-order valence-corrected chi connectivity index (χ1v) is 8.17. The maximum Gasteiger partial charge on any atom is 0.317 e. The number of hydrogen-bond acceptors (Lipinski definition) is 3. The third-order valence-electron chi connectivity index (χ3n) is 3.71. The van der Waals surface area contributed by atoms with Gasteiger partial charge in [0, 0.05) is 38.3 Å². The fourth-order valence-corrected chi connectivity index (χ4v) is 2.50. The van der Waals surface area contributed by atoms with Crippen LogP contribution >= 0.6 is 0 Å². The second-order valence-electron chi connectivity index (χ2n) is 6.07. The largest absolute Gasteiger partial charge is 0.484 e. The van der Waals surface area contributed by atoms with Crippen molar-refractivity contribution in [1.29, 1.82) is 0 Å². The van der Waals surface area contributed by atoms with E-state index in [0.717, 1.165) is 6.42 Å². The van der Waals surface area contributed by atoms with Crippen LogP contribution in [-0.2, 0) is 4.79 Å². The molecule has 24 heavy (non-hydrogen) atoms. The van der Waals surface area contributed by atoms with Crippen LogP contribution in [0.15, 0.2) is 24.3 Å². The van der Waals surface area contributed by atoms with Gasteiger partial charge in [-0.1, -0.05) is 6.07 Å². The van der Waals surface area contributed by atoms with E-state index in [4.69, 9.17) is 4.74 Å². The van der Waals surface area contributed by atoms with Crippen LogP contribution in [0.25, 0.3) is 0 Å². The van der Waals surface area contributed by atoms with Crippen LogP contribution in [0.1, 0.15) is 20.3 Å². The van der Waals surface area contributed by atoms with Crippen LogP contribution in [0, 0.1) is 5.82 Å². The number of hydrogen-bond donors (Lipinski definition) is 1. The molecule has 1 N–H and O–H groups in total. The molecule has 1 aromatic rings. The van der Waals surface area contributed by atoms with E-state index < -0.39 is 5.82 Å². The number of carbonyl (C=O) groups excluding carboxylic acids is 2. The van der Waals surface area contributed by atoms with E-state index in [9.17, 15) is 14.0 Å². The number of rotatable bonds is 4. The van der Waals surface area contributed by atoms with Crippen molar-refractivity contribution < 1.29 is 18.7 Å². The first-order chi connectivity index (χ1) is 11.5. The second kappa shape index (κ2) is 8.52. The molecule has 3 amide bonds. The number of benzene rings is 1. The fraction of sp³-hybridized carbons (Fsp3) is 0.529. The van der Waals surface area contributed by atoms with E-state index >= 15 is 0 Å². The van der Waals surface area contributed by atoms with Crippen molar-refractivity contribution in [3.63, 3.8) is 0 Å². The summed E-state index contributed by atoms with van der Waals surface area (Å²) in [5, 5.41) is 2.86. The summed E-state index contributed by atoms with van der Waals surface area (Å²) in [5.41, 5.74) is 0. The normalized spacial score (nSPS) is 15.2. The lowest BCUT2D eigenvalue weighted by Gasteiger charge is -2.23. The van der Waals surface area contributed by atoms with Crippen molar-refractivity contribution in [2.75, 3.05) is 32.8 Å². The SMILES string of the molecule is CC(C)NC(=O)N1CCCN(C(=O)COc2cccc(F)c2)CC1. The van der Waals surface area contributed by atoms with Gasteiger partial charge in [0.25, 0.3) is 5.91 Å². The van der Waals surface area contributed by atoms with Gasteiger partial charge in [0.15, 0.2) is 6.61 Å². The second-order valence-corrected chi connectivity index (χ2v) is 6.07. The average molecular weight is 337 g/mol. The van der Waals surface area contributed by atoms with Crippen LogP contribution in [0.5, 0.6) is 5.75 Å². The molecular formula is C17H24FN3O3. The van der Waals surface area contributed by atoms with Crippen molar-refractivity contribution in [2.24, 2.45) is 0 Å². The van der Waals surface area contributed by atoms with Crippen LogP contribution in [0.3, 0.4) is 0 Å². The fourth-order valence-electron chi connectivity index (χ4n) is 2.50. The first kappa shape index (κ1) is 18.0. The van der Waals surface area contributed by atoms with Crippen LogP contribution in [-0.4, -0.2) is 60.6 Å². The number of carbonyl (C=O) groups is 2. The number of nitrogens with zero attached hydrogens (tertiary/aromatic N) is 2. The predicted octanol–water partition coefficient (Wildman–Crippen LogP) is 1.86. The highest BCUT2D eigenvalue weighted by Crippen LogP contribution is 2.12. The molecule has 132 valence electrons. The van der Waals surface area contributed by atoms with Gasteiger partial charge in [-0.25, -0.2) is 9.18 Å². The smallest absolute Gasteiger partial charge is 0.317 e. The molecule has 1 fully saturated rings. The minimum Gasteiger partial charge on any atom is -0.484 e. The monoisotopic (exact) mass is 337 g/mol. The maximum absolute atomic E-state index is 13.1. The van der Waals surface area contributed by atoms with Crippen molar-refractivity contribution in [3.8, 4) is 5.75 Å². The number of amides is 3. The first-order valence-electron chi connectivity index (χ1n) is 8.17. The lowest BCUT2D eigenvalue weighted by Crippen LogP contribution is -2.45.